The summed E-state index contributed by atoms with van der Waals surface area (Å²) in [7, 11) is 1.62. The molecule has 0 saturated carbocycles. The van der Waals surface area contributed by atoms with Gasteiger partial charge in [0, 0.05) is 29.2 Å². The van der Waals surface area contributed by atoms with Crippen LogP contribution in [-0.4, -0.2) is 41.1 Å². The Bertz CT molecular complexity index is 1160. The van der Waals surface area contributed by atoms with E-state index in [-0.39, 0.29) is 5.91 Å². The van der Waals surface area contributed by atoms with Gasteiger partial charge in [-0.15, -0.1) is 11.3 Å². The molecule has 3 aromatic rings. The van der Waals surface area contributed by atoms with Crippen molar-refractivity contribution in [2.24, 2.45) is 0 Å². The van der Waals surface area contributed by atoms with Gasteiger partial charge in [-0.3, -0.25) is 4.79 Å². The quantitative estimate of drug-likeness (QED) is 0.344. The second-order valence-corrected chi connectivity index (χ2v) is 10.1. The first-order chi connectivity index (χ1) is 16.6. The zero-order valence-corrected chi connectivity index (χ0v) is 22.0. The maximum Gasteiger partial charge on any atom is 0.355 e. The van der Waals surface area contributed by atoms with E-state index in [2.05, 4.69) is 20.6 Å². The number of esters is 1. The number of aryl methyl sites for hydroxylation is 1. The van der Waals surface area contributed by atoms with Crippen molar-refractivity contribution < 1.29 is 19.1 Å². The number of H-pyrrole nitrogens is 1. The number of amides is 1. The Labute approximate surface area is 210 Å². The molecule has 3 N–H and O–H groups in total. The van der Waals surface area contributed by atoms with Crippen LogP contribution in [0.1, 0.15) is 70.4 Å². The van der Waals surface area contributed by atoms with Crippen LogP contribution >= 0.6 is 11.3 Å². The van der Waals surface area contributed by atoms with E-state index in [1.807, 2.05) is 64.4 Å². The second-order valence-electron chi connectivity index (χ2n) is 9.14. The fourth-order valence-electron chi connectivity index (χ4n) is 3.70. The first kappa shape index (κ1) is 26.3. The van der Waals surface area contributed by atoms with Crippen molar-refractivity contribution in [2.75, 3.05) is 19.0 Å². The summed E-state index contributed by atoms with van der Waals surface area (Å²) in [5, 5.41) is 6.34. The lowest BCUT2D eigenvalue weighted by atomic mass is 10.0. The van der Waals surface area contributed by atoms with Crippen LogP contribution in [0.3, 0.4) is 0 Å². The van der Waals surface area contributed by atoms with Crippen molar-refractivity contribution in [1.29, 1.82) is 0 Å². The van der Waals surface area contributed by atoms with Crippen molar-refractivity contribution in [1.82, 2.24) is 15.3 Å². The highest BCUT2D eigenvalue weighted by molar-refractivity contribution is 7.09. The van der Waals surface area contributed by atoms with Crippen molar-refractivity contribution in [3.8, 4) is 5.75 Å². The molecule has 0 radical (unpaired) electrons. The number of anilines is 1. The minimum atomic E-state index is -0.649. The van der Waals surface area contributed by atoms with Gasteiger partial charge in [0.2, 0.25) is 0 Å². The van der Waals surface area contributed by atoms with Crippen LogP contribution in [0, 0.1) is 6.92 Å². The van der Waals surface area contributed by atoms with E-state index in [4.69, 9.17) is 9.47 Å². The molecule has 1 aromatic carbocycles. The molecule has 2 aromatic heterocycles. The number of hydrogen-bond acceptors (Lipinski definition) is 7. The van der Waals surface area contributed by atoms with E-state index in [9.17, 15) is 9.59 Å². The molecule has 188 valence electrons. The molecule has 0 aliphatic heterocycles. The Morgan fingerprint density at radius 1 is 1.17 bits per heavy atom. The lowest BCUT2D eigenvalue weighted by Gasteiger charge is -2.19. The van der Waals surface area contributed by atoms with Gasteiger partial charge in [0.05, 0.1) is 30.4 Å². The lowest BCUT2D eigenvalue weighted by Crippen LogP contribution is -2.28. The number of rotatable bonds is 10. The van der Waals surface area contributed by atoms with Gasteiger partial charge in [-0.2, -0.15) is 0 Å². The van der Waals surface area contributed by atoms with Gasteiger partial charge in [0.1, 0.15) is 17.0 Å². The third-order valence-electron chi connectivity index (χ3n) is 5.41. The molecule has 0 aliphatic rings. The normalized spacial score (nSPS) is 11.3. The summed E-state index contributed by atoms with van der Waals surface area (Å²) in [6.45, 7) is 10.2. The maximum absolute atomic E-state index is 13.3. The molecular formula is C26H34N4O4S. The number of carbonyl (C=O) groups is 2. The van der Waals surface area contributed by atoms with Gasteiger partial charge in [0.15, 0.2) is 0 Å². The molecule has 35 heavy (non-hydrogen) atoms. The second kappa shape index (κ2) is 11.4. The number of nitrogens with one attached hydrogen (secondary N) is 3. The molecule has 0 atom stereocenters. The summed E-state index contributed by atoms with van der Waals surface area (Å²) in [5.74, 6) is 0.0631. The summed E-state index contributed by atoms with van der Waals surface area (Å²) in [5.41, 5.74) is 5.09. The number of aromatic amines is 1. The van der Waals surface area contributed by atoms with Crippen molar-refractivity contribution in [2.45, 2.75) is 59.6 Å². The number of aromatic nitrogens is 2. The fourth-order valence-corrected chi connectivity index (χ4v) is 4.48. The average Bonchev–Trinajstić information content (AvgIpc) is 3.39. The largest absolute Gasteiger partial charge is 0.497 e. The van der Waals surface area contributed by atoms with E-state index in [1.54, 1.807) is 18.4 Å². The molecule has 0 unspecified atom stereocenters. The zero-order chi connectivity index (χ0) is 25.6. The molecule has 0 aliphatic carbocycles. The average molecular weight is 499 g/mol. The van der Waals surface area contributed by atoms with Gasteiger partial charge in [0.25, 0.3) is 5.91 Å². The minimum Gasteiger partial charge on any atom is -0.497 e. The standard InChI is InChI=1S/C26H34N4O4S/c1-7-19-22(24(31)27-13-12-21-16(2)29-15-35-21)20(30-23(19)25(32)34-26(3,4)5)14-28-17-8-10-18(33-6)11-9-17/h8-11,15,28,30H,7,12-14H2,1-6H3,(H,27,31). The molecule has 8 nitrogen and oxygen atoms in total. The van der Waals surface area contributed by atoms with Crippen molar-refractivity contribution in [3.05, 3.63) is 62.9 Å². The number of hydrogen-bond donors (Lipinski definition) is 3. The highest BCUT2D eigenvalue weighted by Crippen LogP contribution is 2.25. The van der Waals surface area contributed by atoms with E-state index >= 15 is 0 Å². The number of thiazole rings is 1. The maximum atomic E-state index is 13.3. The molecule has 9 heteroatoms. The summed E-state index contributed by atoms with van der Waals surface area (Å²) < 4.78 is 10.8. The smallest absolute Gasteiger partial charge is 0.355 e. The van der Waals surface area contributed by atoms with Gasteiger partial charge in [-0.25, -0.2) is 9.78 Å². The van der Waals surface area contributed by atoms with Crippen LogP contribution in [0.4, 0.5) is 5.69 Å². The Hall–Kier alpha value is -3.33. The third kappa shape index (κ3) is 6.85. The SMILES string of the molecule is CCc1c(C(=O)OC(C)(C)C)[nH]c(CNc2ccc(OC)cc2)c1C(=O)NCCc1scnc1C. The van der Waals surface area contributed by atoms with Gasteiger partial charge >= 0.3 is 5.97 Å². The molecule has 0 fully saturated rings. The number of methoxy groups -OCH3 is 1. The molecule has 2 heterocycles. The van der Waals surface area contributed by atoms with Gasteiger partial charge in [-0.1, -0.05) is 6.92 Å². The summed E-state index contributed by atoms with van der Waals surface area (Å²) in [4.78, 5) is 34.9. The summed E-state index contributed by atoms with van der Waals surface area (Å²) in [6.07, 6.45) is 1.21. The van der Waals surface area contributed by atoms with Gasteiger partial charge < -0.3 is 25.1 Å². The predicted molar refractivity (Wildman–Crippen MR) is 139 cm³/mol. The zero-order valence-electron chi connectivity index (χ0n) is 21.2. The Balaban J connectivity index is 1.85. The summed E-state index contributed by atoms with van der Waals surface area (Å²) >= 11 is 1.58. The van der Waals surface area contributed by atoms with Crippen LogP contribution in [0.15, 0.2) is 29.8 Å². The molecule has 1 amide bonds. The first-order valence-electron chi connectivity index (χ1n) is 11.6. The lowest BCUT2D eigenvalue weighted by molar-refractivity contribution is 0.00622. The number of ether oxygens (including phenoxy) is 2. The van der Waals surface area contributed by atoms with Crippen molar-refractivity contribution in [3.63, 3.8) is 0 Å². The number of nitrogens with zero attached hydrogens (tertiary/aromatic N) is 1. The number of carbonyl (C=O) groups excluding carboxylic acids is 2. The first-order valence-corrected chi connectivity index (χ1v) is 12.5. The van der Waals surface area contributed by atoms with E-state index in [0.29, 0.717) is 48.4 Å². The molecule has 0 saturated heterocycles. The fraction of sp³-hybridized carbons (Fsp3) is 0.423. The molecule has 3 rings (SSSR count). The molecular weight excluding hydrogens is 464 g/mol. The van der Waals surface area contributed by atoms with E-state index in [0.717, 1.165) is 22.0 Å². The highest BCUT2D eigenvalue weighted by Gasteiger charge is 2.28. The van der Waals surface area contributed by atoms with Crippen LogP contribution in [0.2, 0.25) is 0 Å². The van der Waals surface area contributed by atoms with Crippen LogP contribution in [0.25, 0.3) is 0 Å². The topological polar surface area (TPSA) is 105 Å². The summed E-state index contributed by atoms with van der Waals surface area (Å²) in [6, 6.07) is 7.51. The number of benzene rings is 1. The minimum absolute atomic E-state index is 0.221. The van der Waals surface area contributed by atoms with Gasteiger partial charge in [-0.05, 0) is 63.9 Å². The van der Waals surface area contributed by atoms with E-state index in [1.165, 1.54) is 0 Å². The van der Waals surface area contributed by atoms with Crippen LogP contribution in [-0.2, 0) is 24.1 Å². The Kier molecular flexibility index (Phi) is 8.56. The third-order valence-corrected chi connectivity index (χ3v) is 6.40. The Morgan fingerprint density at radius 2 is 1.89 bits per heavy atom. The highest BCUT2D eigenvalue weighted by atomic mass is 32.1. The monoisotopic (exact) mass is 498 g/mol. The molecule has 0 spiro atoms. The van der Waals surface area contributed by atoms with Crippen molar-refractivity contribution >= 4 is 28.9 Å². The Morgan fingerprint density at radius 3 is 2.46 bits per heavy atom. The van der Waals surface area contributed by atoms with Crippen LogP contribution in [0.5, 0.6) is 5.75 Å². The van der Waals surface area contributed by atoms with Crippen LogP contribution < -0.4 is 15.4 Å². The predicted octanol–water partition coefficient (Wildman–Crippen LogP) is 4.89. The van der Waals surface area contributed by atoms with E-state index < -0.39 is 11.6 Å². The molecule has 0 bridgehead atoms.